The molecule has 0 aliphatic carbocycles. The first-order chi connectivity index (χ1) is 9.47. The smallest absolute Gasteiger partial charge is 0.356 e. The van der Waals surface area contributed by atoms with E-state index in [1.54, 1.807) is 6.07 Å². The number of anilines is 3. The predicted octanol–water partition coefficient (Wildman–Crippen LogP) is 3.24. The molecule has 0 fully saturated rings. The number of hydrogen-bond donors (Lipinski definition) is 2. The van der Waals surface area contributed by atoms with Gasteiger partial charge in [-0.2, -0.15) is 0 Å². The van der Waals surface area contributed by atoms with Crippen molar-refractivity contribution in [1.82, 2.24) is 4.98 Å². The minimum Gasteiger partial charge on any atom is -0.476 e. The maximum absolute atomic E-state index is 11.0. The van der Waals surface area contributed by atoms with E-state index in [-0.39, 0.29) is 10.7 Å². The zero-order valence-electron chi connectivity index (χ0n) is 11.1. The van der Waals surface area contributed by atoms with E-state index in [1.807, 2.05) is 43.3 Å². The van der Waals surface area contributed by atoms with Gasteiger partial charge in [0.25, 0.3) is 0 Å². The summed E-state index contributed by atoms with van der Waals surface area (Å²) in [4.78, 5) is 16.9. The summed E-state index contributed by atoms with van der Waals surface area (Å²) < 4.78 is 0. The molecule has 0 spiro atoms. The van der Waals surface area contributed by atoms with Gasteiger partial charge in [0.2, 0.25) is 0 Å². The van der Waals surface area contributed by atoms with Gasteiger partial charge in [-0.15, -0.1) is 0 Å². The second kappa shape index (κ2) is 5.79. The standard InChI is InChI=1S/C14H14ClN3O2/c1-18(2)10-5-3-9(4-6-10)16-12-8-7-11(15)13(17-12)14(19)20/h3-8H,1-2H3,(H,16,17)(H,19,20). The van der Waals surface area contributed by atoms with Gasteiger partial charge in [0, 0.05) is 25.5 Å². The maximum Gasteiger partial charge on any atom is 0.356 e. The van der Waals surface area contributed by atoms with Gasteiger partial charge in [-0.25, -0.2) is 9.78 Å². The van der Waals surface area contributed by atoms with Crippen LogP contribution in [0.4, 0.5) is 17.2 Å². The lowest BCUT2D eigenvalue weighted by molar-refractivity contribution is 0.0691. The fraction of sp³-hybridized carbons (Fsp3) is 0.143. The molecule has 0 saturated heterocycles. The fourth-order valence-electron chi connectivity index (χ4n) is 1.65. The lowest BCUT2D eigenvalue weighted by Crippen LogP contribution is -2.08. The van der Waals surface area contributed by atoms with Gasteiger partial charge in [0.05, 0.1) is 5.02 Å². The fourth-order valence-corrected chi connectivity index (χ4v) is 1.84. The van der Waals surface area contributed by atoms with Crippen molar-refractivity contribution in [1.29, 1.82) is 0 Å². The molecule has 0 aliphatic rings. The molecule has 5 nitrogen and oxygen atoms in total. The molecule has 0 saturated carbocycles. The summed E-state index contributed by atoms with van der Waals surface area (Å²) in [6.07, 6.45) is 0. The van der Waals surface area contributed by atoms with Crippen molar-refractivity contribution < 1.29 is 9.90 Å². The molecule has 0 radical (unpaired) electrons. The number of aromatic carboxylic acids is 1. The van der Waals surface area contributed by atoms with Crippen molar-refractivity contribution in [3.63, 3.8) is 0 Å². The van der Waals surface area contributed by atoms with Crippen LogP contribution in [-0.2, 0) is 0 Å². The molecule has 0 bridgehead atoms. The molecule has 1 aromatic heterocycles. The first-order valence-corrected chi connectivity index (χ1v) is 6.29. The Morgan fingerprint density at radius 2 is 1.85 bits per heavy atom. The Morgan fingerprint density at radius 1 is 1.20 bits per heavy atom. The zero-order valence-corrected chi connectivity index (χ0v) is 11.8. The highest BCUT2D eigenvalue weighted by atomic mass is 35.5. The van der Waals surface area contributed by atoms with Gasteiger partial charge in [0.1, 0.15) is 5.82 Å². The zero-order chi connectivity index (χ0) is 14.7. The molecule has 104 valence electrons. The van der Waals surface area contributed by atoms with E-state index in [0.717, 1.165) is 11.4 Å². The number of pyridine rings is 1. The molecule has 20 heavy (non-hydrogen) atoms. The van der Waals surface area contributed by atoms with E-state index in [0.29, 0.717) is 5.82 Å². The van der Waals surface area contributed by atoms with E-state index < -0.39 is 5.97 Å². The molecule has 2 aromatic rings. The van der Waals surface area contributed by atoms with E-state index in [2.05, 4.69) is 10.3 Å². The topological polar surface area (TPSA) is 65.5 Å². The van der Waals surface area contributed by atoms with Crippen LogP contribution in [0.2, 0.25) is 5.02 Å². The Kier molecular flexibility index (Phi) is 4.10. The Bertz CT molecular complexity index is 627. The lowest BCUT2D eigenvalue weighted by Gasteiger charge is -2.13. The normalized spacial score (nSPS) is 10.2. The van der Waals surface area contributed by atoms with Gasteiger partial charge >= 0.3 is 5.97 Å². The van der Waals surface area contributed by atoms with Crippen LogP contribution in [0.1, 0.15) is 10.5 Å². The van der Waals surface area contributed by atoms with Crippen LogP contribution in [-0.4, -0.2) is 30.2 Å². The van der Waals surface area contributed by atoms with Crippen LogP contribution in [0.5, 0.6) is 0 Å². The van der Waals surface area contributed by atoms with Gasteiger partial charge in [-0.1, -0.05) is 11.6 Å². The highest BCUT2D eigenvalue weighted by Crippen LogP contribution is 2.21. The average molecular weight is 292 g/mol. The van der Waals surface area contributed by atoms with E-state index in [9.17, 15) is 4.79 Å². The van der Waals surface area contributed by atoms with Gasteiger partial charge in [-0.05, 0) is 36.4 Å². The number of aromatic nitrogens is 1. The first kappa shape index (κ1) is 14.1. The quantitative estimate of drug-likeness (QED) is 0.905. The summed E-state index contributed by atoms with van der Waals surface area (Å²) in [5, 5.41) is 12.1. The lowest BCUT2D eigenvalue weighted by atomic mass is 10.2. The summed E-state index contributed by atoms with van der Waals surface area (Å²) in [5.74, 6) is -0.717. The summed E-state index contributed by atoms with van der Waals surface area (Å²) in [7, 11) is 3.92. The van der Waals surface area contributed by atoms with Gasteiger partial charge in [0.15, 0.2) is 5.69 Å². The van der Waals surface area contributed by atoms with Crippen molar-refractivity contribution in [2.75, 3.05) is 24.3 Å². The Morgan fingerprint density at radius 3 is 2.40 bits per heavy atom. The van der Waals surface area contributed by atoms with Crippen LogP contribution < -0.4 is 10.2 Å². The number of nitrogens with one attached hydrogen (secondary N) is 1. The van der Waals surface area contributed by atoms with Crippen LogP contribution in [0.3, 0.4) is 0 Å². The molecular weight excluding hydrogens is 278 g/mol. The van der Waals surface area contributed by atoms with E-state index in [1.165, 1.54) is 6.07 Å². The van der Waals surface area contributed by atoms with E-state index >= 15 is 0 Å². The summed E-state index contributed by atoms with van der Waals surface area (Å²) in [6.45, 7) is 0. The number of carboxylic acid groups (broad SMARTS) is 1. The Balaban J connectivity index is 2.21. The van der Waals surface area contributed by atoms with Crippen molar-refractivity contribution in [2.45, 2.75) is 0 Å². The average Bonchev–Trinajstić information content (AvgIpc) is 2.41. The summed E-state index contributed by atoms with van der Waals surface area (Å²) in [6, 6.07) is 10.8. The highest BCUT2D eigenvalue weighted by molar-refractivity contribution is 6.33. The number of hydrogen-bond acceptors (Lipinski definition) is 4. The number of halogens is 1. The number of benzene rings is 1. The van der Waals surface area contributed by atoms with Crippen molar-refractivity contribution in [3.8, 4) is 0 Å². The van der Waals surface area contributed by atoms with Gasteiger partial charge < -0.3 is 15.3 Å². The van der Waals surface area contributed by atoms with Crippen LogP contribution in [0.25, 0.3) is 0 Å². The van der Waals surface area contributed by atoms with Crippen LogP contribution in [0.15, 0.2) is 36.4 Å². The van der Waals surface area contributed by atoms with Crippen molar-refractivity contribution in [3.05, 3.63) is 47.1 Å². The molecule has 2 rings (SSSR count). The first-order valence-electron chi connectivity index (χ1n) is 5.91. The van der Waals surface area contributed by atoms with Crippen LogP contribution >= 0.6 is 11.6 Å². The molecule has 1 aromatic carbocycles. The second-order valence-corrected chi connectivity index (χ2v) is 4.81. The molecule has 0 aliphatic heterocycles. The number of nitrogens with zero attached hydrogens (tertiary/aromatic N) is 2. The van der Waals surface area contributed by atoms with Gasteiger partial charge in [-0.3, -0.25) is 0 Å². The third kappa shape index (κ3) is 3.19. The monoisotopic (exact) mass is 291 g/mol. The Labute approximate surface area is 121 Å². The number of carboxylic acids is 1. The molecule has 0 amide bonds. The van der Waals surface area contributed by atoms with Crippen molar-refractivity contribution in [2.24, 2.45) is 0 Å². The highest BCUT2D eigenvalue weighted by Gasteiger charge is 2.11. The summed E-state index contributed by atoms with van der Waals surface area (Å²) >= 11 is 5.77. The summed E-state index contributed by atoms with van der Waals surface area (Å²) in [5.41, 5.74) is 1.73. The molecule has 0 unspecified atom stereocenters. The second-order valence-electron chi connectivity index (χ2n) is 4.40. The predicted molar refractivity (Wildman–Crippen MR) is 80.3 cm³/mol. The molecule has 6 heteroatoms. The Hall–Kier alpha value is -2.27. The van der Waals surface area contributed by atoms with E-state index in [4.69, 9.17) is 16.7 Å². The number of rotatable bonds is 4. The van der Waals surface area contributed by atoms with Crippen molar-refractivity contribution >= 4 is 34.8 Å². The third-order valence-corrected chi connectivity index (χ3v) is 3.01. The third-order valence-electron chi connectivity index (χ3n) is 2.70. The minimum absolute atomic E-state index is 0.117. The molecule has 2 N–H and O–H groups in total. The van der Waals surface area contributed by atoms with Crippen LogP contribution in [0, 0.1) is 0 Å². The minimum atomic E-state index is -1.15. The largest absolute Gasteiger partial charge is 0.476 e. The molecule has 1 heterocycles. The molecular formula is C14H14ClN3O2. The SMILES string of the molecule is CN(C)c1ccc(Nc2ccc(Cl)c(C(=O)O)n2)cc1. The number of carbonyl (C=O) groups is 1. The maximum atomic E-state index is 11.0. The molecule has 0 atom stereocenters.